The first-order valence-corrected chi connectivity index (χ1v) is 7.24. The third kappa shape index (κ3) is 3.93. The van der Waals surface area contributed by atoms with Gasteiger partial charge in [-0.3, -0.25) is 4.79 Å². The highest BCUT2D eigenvalue weighted by Gasteiger charge is 2.21. The molecule has 0 saturated heterocycles. The minimum absolute atomic E-state index is 0.165. The van der Waals surface area contributed by atoms with Crippen molar-refractivity contribution in [3.05, 3.63) is 23.9 Å². The summed E-state index contributed by atoms with van der Waals surface area (Å²) in [6.45, 7) is 2.93. The molecule has 0 spiro atoms. The van der Waals surface area contributed by atoms with Gasteiger partial charge in [0.1, 0.15) is 5.56 Å². The van der Waals surface area contributed by atoms with E-state index in [9.17, 15) is 9.90 Å². The van der Waals surface area contributed by atoms with E-state index in [2.05, 4.69) is 10.3 Å². The van der Waals surface area contributed by atoms with Crippen LogP contribution in [0.15, 0.2) is 18.3 Å². The summed E-state index contributed by atoms with van der Waals surface area (Å²) in [5, 5.41) is 12.6. The number of carbonyl (C=O) groups excluding carboxylic acids is 1. The highest BCUT2D eigenvalue weighted by molar-refractivity contribution is 5.96. The van der Waals surface area contributed by atoms with Crippen molar-refractivity contribution in [3.63, 3.8) is 0 Å². The number of rotatable bonds is 5. The van der Waals surface area contributed by atoms with Crippen molar-refractivity contribution in [2.24, 2.45) is 5.92 Å². The average Bonchev–Trinajstić information content (AvgIpc) is 2.46. The van der Waals surface area contributed by atoms with Crippen LogP contribution in [-0.2, 0) is 0 Å². The first-order valence-electron chi connectivity index (χ1n) is 7.24. The zero-order chi connectivity index (χ0) is 14.4. The number of aromatic nitrogens is 1. The molecule has 1 amide bonds. The molecule has 2 unspecified atom stereocenters. The molecule has 1 aliphatic rings. The molecule has 20 heavy (non-hydrogen) atoms. The lowest BCUT2D eigenvalue weighted by molar-refractivity contribution is 0.0870. The van der Waals surface area contributed by atoms with Gasteiger partial charge in [0.05, 0.1) is 12.7 Å². The Balaban J connectivity index is 1.91. The highest BCUT2D eigenvalue weighted by atomic mass is 16.5. The first kappa shape index (κ1) is 14.8. The summed E-state index contributed by atoms with van der Waals surface area (Å²) in [5.41, 5.74) is 0.464. The molecule has 0 radical (unpaired) electrons. The van der Waals surface area contributed by atoms with Gasteiger partial charge in [-0.2, -0.15) is 0 Å². The fourth-order valence-electron chi connectivity index (χ4n) is 2.60. The maximum atomic E-state index is 12.2. The number of hydrogen-bond donors (Lipinski definition) is 2. The first-order chi connectivity index (χ1) is 9.70. The summed E-state index contributed by atoms with van der Waals surface area (Å²) < 4.78 is 5.36. The van der Waals surface area contributed by atoms with Crippen LogP contribution < -0.4 is 10.1 Å². The Kier molecular flexibility index (Phi) is 5.35. The minimum Gasteiger partial charge on any atom is -0.477 e. The molecule has 5 nitrogen and oxygen atoms in total. The summed E-state index contributed by atoms with van der Waals surface area (Å²) in [6.07, 6.45) is 5.12. The lowest BCUT2D eigenvalue weighted by Crippen LogP contribution is -2.33. The fraction of sp³-hybridized carbons (Fsp3) is 0.600. The number of pyridine rings is 1. The van der Waals surface area contributed by atoms with Crippen molar-refractivity contribution < 1.29 is 14.6 Å². The predicted octanol–water partition coefficient (Wildman–Crippen LogP) is 1.76. The SMILES string of the molecule is CCOc1ncccc1C(=O)NCC1CCCC(O)C1. The van der Waals surface area contributed by atoms with E-state index in [4.69, 9.17) is 4.74 Å². The zero-order valence-electron chi connectivity index (χ0n) is 11.8. The normalized spacial score (nSPS) is 22.3. The lowest BCUT2D eigenvalue weighted by atomic mass is 9.87. The monoisotopic (exact) mass is 278 g/mol. The van der Waals surface area contributed by atoms with Crippen LogP contribution in [0.3, 0.4) is 0 Å². The van der Waals surface area contributed by atoms with Crippen LogP contribution in [0.5, 0.6) is 5.88 Å². The molecule has 1 saturated carbocycles. The molecule has 2 atom stereocenters. The number of hydrogen-bond acceptors (Lipinski definition) is 4. The maximum Gasteiger partial charge on any atom is 0.256 e. The minimum atomic E-state index is -0.219. The number of aliphatic hydroxyl groups excluding tert-OH is 1. The van der Waals surface area contributed by atoms with E-state index in [1.165, 1.54) is 0 Å². The quantitative estimate of drug-likeness (QED) is 0.861. The summed E-state index contributed by atoms with van der Waals surface area (Å²) in [5.74, 6) is 0.563. The number of aliphatic hydroxyl groups is 1. The lowest BCUT2D eigenvalue weighted by Gasteiger charge is -2.25. The van der Waals surface area contributed by atoms with E-state index in [1.807, 2.05) is 6.92 Å². The topological polar surface area (TPSA) is 71.5 Å². The zero-order valence-corrected chi connectivity index (χ0v) is 11.8. The van der Waals surface area contributed by atoms with Crippen LogP contribution in [0.25, 0.3) is 0 Å². The second kappa shape index (κ2) is 7.24. The molecule has 1 aliphatic carbocycles. The Hall–Kier alpha value is -1.62. The van der Waals surface area contributed by atoms with Crippen molar-refractivity contribution in [1.82, 2.24) is 10.3 Å². The molecule has 0 bridgehead atoms. The van der Waals surface area contributed by atoms with Crippen molar-refractivity contribution in [3.8, 4) is 5.88 Å². The molecule has 1 heterocycles. The second-order valence-corrected chi connectivity index (χ2v) is 5.19. The van der Waals surface area contributed by atoms with Gasteiger partial charge in [0.15, 0.2) is 0 Å². The highest BCUT2D eigenvalue weighted by Crippen LogP contribution is 2.23. The third-order valence-corrected chi connectivity index (χ3v) is 3.60. The molecule has 1 aromatic rings. The fourth-order valence-corrected chi connectivity index (χ4v) is 2.60. The largest absolute Gasteiger partial charge is 0.477 e. The third-order valence-electron chi connectivity index (χ3n) is 3.60. The summed E-state index contributed by atoms with van der Waals surface area (Å²) in [7, 11) is 0. The van der Waals surface area contributed by atoms with E-state index in [0.717, 1.165) is 25.7 Å². The van der Waals surface area contributed by atoms with Crippen LogP contribution in [0.1, 0.15) is 43.0 Å². The van der Waals surface area contributed by atoms with Crippen molar-refractivity contribution in [1.29, 1.82) is 0 Å². The van der Waals surface area contributed by atoms with Crippen LogP contribution >= 0.6 is 0 Å². The molecule has 1 fully saturated rings. The summed E-state index contributed by atoms with van der Waals surface area (Å²) in [4.78, 5) is 16.2. The molecule has 2 N–H and O–H groups in total. The van der Waals surface area contributed by atoms with Gasteiger partial charge in [-0.1, -0.05) is 6.42 Å². The Morgan fingerprint density at radius 1 is 1.55 bits per heavy atom. The molecule has 5 heteroatoms. The molecule has 0 aliphatic heterocycles. The van der Waals surface area contributed by atoms with Crippen LogP contribution in [0.4, 0.5) is 0 Å². The number of amides is 1. The van der Waals surface area contributed by atoms with Gasteiger partial charge in [-0.15, -0.1) is 0 Å². The number of nitrogens with one attached hydrogen (secondary N) is 1. The van der Waals surface area contributed by atoms with Gasteiger partial charge in [-0.25, -0.2) is 4.98 Å². The van der Waals surface area contributed by atoms with E-state index >= 15 is 0 Å². The van der Waals surface area contributed by atoms with Crippen molar-refractivity contribution in [2.75, 3.05) is 13.2 Å². The molecule has 1 aromatic heterocycles. The van der Waals surface area contributed by atoms with Gasteiger partial charge in [0.25, 0.3) is 5.91 Å². The molecule has 110 valence electrons. The van der Waals surface area contributed by atoms with Gasteiger partial charge >= 0.3 is 0 Å². The molecular formula is C15H22N2O3. The van der Waals surface area contributed by atoms with Gasteiger partial charge in [-0.05, 0) is 44.2 Å². The van der Waals surface area contributed by atoms with Crippen LogP contribution in [0.2, 0.25) is 0 Å². The average molecular weight is 278 g/mol. The van der Waals surface area contributed by atoms with Crippen molar-refractivity contribution in [2.45, 2.75) is 38.7 Å². The van der Waals surface area contributed by atoms with Gasteiger partial charge < -0.3 is 15.2 Å². The van der Waals surface area contributed by atoms with E-state index in [1.54, 1.807) is 18.3 Å². The number of carbonyl (C=O) groups is 1. The van der Waals surface area contributed by atoms with Gasteiger partial charge in [0, 0.05) is 12.7 Å². The predicted molar refractivity (Wildman–Crippen MR) is 75.7 cm³/mol. The van der Waals surface area contributed by atoms with E-state index in [-0.39, 0.29) is 12.0 Å². The Bertz CT molecular complexity index is 450. The second-order valence-electron chi connectivity index (χ2n) is 5.19. The Morgan fingerprint density at radius 2 is 2.40 bits per heavy atom. The molecule has 0 aromatic carbocycles. The van der Waals surface area contributed by atoms with Crippen LogP contribution in [0, 0.1) is 5.92 Å². The standard InChI is InChI=1S/C15H22N2O3/c1-2-20-15-13(7-4-8-16-15)14(19)17-10-11-5-3-6-12(18)9-11/h4,7-8,11-12,18H,2-3,5-6,9-10H2,1H3,(H,17,19). The van der Waals surface area contributed by atoms with E-state index in [0.29, 0.717) is 30.5 Å². The summed E-state index contributed by atoms with van der Waals surface area (Å²) in [6, 6.07) is 3.44. The number of nitrogens with zero attached hydrogens (tertiary/aromatic N) is 1. The smallest absolute Gasteiger partial charge is 0.256 e. The van der Waals surface area contributed by atoms with Crippen LogP contribution in [-0.4, -0.2) is 35.3 Å². The maximum absolute atomic E-state index is 12.2. The summed E-state index contributed by atoms with van der Waals surface area (Å²) >= 11 is 0. The molecular weight excluding hydrogens is 256 g/mol. The number of ether oxygens (including phenoxy) is 1. The van der Waals surface area contributed by atoms with E-state index < -0.39 is 0 Å². The van der Waals surface area contributed by atoms with Gasteiger partial charge in [0.2, 0.25) is 5.88 Å². The molecule has 2 rings (SSSR count). The Morgan fingerprint density at radius 3 is 3.15 bits per heavy atom. The Labute approximate surface area is 119 Å². The van der Waals surface area contributed by atoms with Crippen molar-refractivity contribution >= 4 is 5.91 Å².